The van der Waals surface area contributed by atoms with Gasteiger partial charge in [-0.05, 0) is 26.7 Å². The standard InChI is InChI=1S/C13H18F3N3O2/c1-7-10(8(2)21-18-7)5-12(20)19-6-9(17)3-4-11(19)13(14,15)16/h9,11H,3-6,17H2,1-2H3. The molecule has 118 valence electrons. The van der Waals surface area contributed by atoms with Gasteiger partial charge in [0.05, 0.1) is 12.1 Å². The quantitative estimate of drug-likeness (QED) is 0.903. The van der Waals surface area contributed by atoms with Crippen LogP contribution in [0.3, 0.4) is 0 Å². The number of carbonyl (C=O) groups is 1. The number of piperidine rings is 1. The third kappa shape index (κ3) is 3.37. The molecule has 1 aliphatic heterocycles. The number of aryl methyl sites for hydroxylation is 2. The minimum atomic E-state index is -4.44. The summed E-state index contributed by atoms with van der Waals surface area (Å²) in [4.78, 5) is 13.1. The van der Waals surface area contributed by atoms with Crippen molar-refractivity contribution in [3.8, 4) is 0 Å². The molecular weight excluding hydrogens is 287 g/mol. The second-order valence-corrected chi connectivity index (χ2v) is 5.42. The van der Waals surface area contributed by atoms with Gasteiger partial charge in [0.15, 0.2) is 0 Å². The van der Waals surface area contributed by atoms with Gasteiger partial charge in [-0.25, -0.2) is 0 Å². The number of amides is 1. The average Bonchev–Trinajstić information content (AvgIpc) is 2.69. The summed E-state index contributed by atoms with van der Waals surface area (Å²) in [6.45, 7) is 3.21. The fourth-order valence-corrected chi connectivity index (χ4v) is 2.62. The molecule has 8 heteroatoms. The number of rotatable bonds is 2. The van der Waals surface area contributed by atoms with E-state index in [0.717, 1.165) is 4.90 Å². The average molecular weight is 305 g/mol. The Morgan fingerprint density at radius 1 is 1.43 bits per heavy atom. The van der Waals surface area contributed by atoms with Crippen molar-refractivity contribution < 1.29 is 22.5 Å². The van der Waals surface area contributed by atoms with E-state index >= 15 is 0 Å². The van der Waals surface area contributed by atoms with Crippen LogP contribution in [0.1, 0.15) is 29.9 Å². The Morgan fingerprint density at radius 2 is 2.10 bits per heavy atom. The summed E-state index contributed by atoms with van der Waals surface area (Å²) in [6.07, 6.45) is -4.48. The van der Waals surface area contributed by atoms with Crippen LogP contribution >= 0.6 is 0 Å². The van der Waals surface area contributed by atoms with Crippen LogP contribution in [0.25, 0.3) is 0 Å². The summed E-state index contributed by atoms with van der Waals surface area (Å²) in [5, 5.41) is 3.70. The fraction of sp³-hybridized carbons (Fsp3) is 0.692. The lowest BCUT2D eigenvalue weighted by Crippen LogP contribution is -2.57. The van der Waals surface area contributed by atoms with Gasteiger partial charge in [0.2, 0.25) is 5.91 Å². The minimum absolute atomic E-state index is 0.0770. The second kappa shape index (κ2) is 5.67. The van der Waals surface area contributed by atoms with Gasteiger partial charge in [-0.15, -0.1) is 0 Å². The Hall–Kier alpha value is -1.57. The van der Waals surface area contributed by atoms with Gasteiger partial charge >= 0.3 is 6.18 Å². The van der Waals surface area contributed by atoms with Crippen molar-refractivity contribution in [2.75, 3.05) is 6.54 Å². The number of aromatic nitrogens is 1. The van der Waals surface area contributed by atoms with Crippen LogP contribution in [-0.2, 0) is 11.2 Å². The third-order valence-electron chi connectivity index (χ3n) is 3.83. The number of carbonyl (C=O) groups excluding carboxylic acids is 1. The first-order valence-electron chi connectivity index (χ1n) is 6.73. The zero-order valence-electron chi connectivity index (χ0n) is 11.9. The summed E-state index contributed by atoms with van der Waals surface area (Å²) < 4.78 is 44.1. The maximum absolute atomic E-state index is 13.1. The van der Waals surface area contributed by atoms with Crippen molar-refractivity contribution >= 4 is 5.91 Å². The highest BCUT2D eigenvalue weighted by Crippen LogP contribution is 2.32. The summed E-state index contributed by atoms with van der Waals surface area (Å²) in [5.41, 5.74) is 6.77. The van der Waals surface area contributed by atoms with Crippen LogP contribution in [0, 0.1) is 13.8 Å². The van der Waals surface area contributed by atoms with Crippen LogP contribution in [0.15, 0.2) is 4.52 Å². The van der Waals surface area contributed by atoms with Gasteiger partial charge in [-0.1, -0.05) is 5.16 Å². The van der Waals surface area contributed by atoms with E-state index < -0.39 is 24.2 Å². The Bertz CT molecular complexity index is 508. The van der Waals surface area contributed by atoms with Gasteiger partial charge in [-0.3, -0.25) is 4.79 Å². The SMILES string of the molecule is Cc1noc(C)c1CC(=O)N1CC(N)CCC1C(F)(F)F. The first-order valence-corrected chi connectivity index (χ1v) is 6.73. The molecule has 0 aromatic carbocycles. The number of alkyl halides is 3. The van der Waals surface area contributed by atoms with Crippen LogP contribution in [0.5, 0.6) is 0 Å². The first-order chi connectivity index (χ1) is 9.70. The molecule has 21 heavy (non-hydrogen) atoms. The Kier molecular flexibility index (Phi) is 4.27. The van der Waals surface area contributed by atoms with E-state index in [2.05, 4.69) is 5.16 Å². The van der Waals surface area contributed by atoms with Gasteiger partial charge in [-0.2, -0.15) is 13.2 Å². The smallest absolute Gasteiger partial charge is 0.361 e. The Balaban J connectivity index is 2.18. The van der Waals surface area contributed by atoms with Crippen molar-refractivity contribution in [1.82, 2.24) is 10.1 Å². The highest BCUT2D eigenvalue weighted by atomic mass is 19.4. The van der Waals surface area contributed by atoms with Crippen molar-refractivity contribution in [3.63, 3.8) is 0 Å². The third-order valence-corrected chi connectivity index (χ3v) is 3.83. The van der Waals surface area contributed by atoms with Crippen LogP contribution in [0.2, 0.25) is 0 Å². The Morgan fingerprint density at radius 3 is 2.62 bits per heavy atom. The molecular formula is C13H18F3N3O2. The van der Waals surface area contributed by atoms with Crippen molar-refractivity contribution in [2.24, 2.45) is 5.73 Å². The number of likely N-dealkylation sites (tertiary alicyclic amines) is 1. The van der Waals surface area contributed by atoms with Crippen molar-refractivity contribution in [1.29, 1.82) is 0 Å². The molecule has 0 radical (unpaired) electrons. The minimum Gasteiger partial charge on any atom is -0.361 e. The summed E-state index contributed by atoms with van der Waals surface area (Å²) in [5.74, 6) is -0.146. The number of nitrogens with zero attached hydrogens (tertiary/aromatic N) is 2. The number of nitrogens with two attached hydrogens (primary N) is 1. The first kappa shape index (κ1) is 15.8. The maximum atomic E-state index is 13.1. The molecule has 1 aromatic heterocycles. The predicted octanol–water partition coefficient (Wildman–Crippen LogP) is 1.71. The van der Waals surface area contributed by atoms with E-state index in [1.165, 1.54) is 0 Å². The summed E-state index contributed by atoms with van der Waals surface area (Å²) in [6, 6.07) is -2.18. The van der Waals surface area contributed by atoms with Crippen molar-refractivity contribution in [2.45, 2.75) is 51.4 Å². The molecule has 0 saturated carbocycles. The van der Waals surface area contributed by atoms with E-state index in [1.54, 1.807) is 13.8 Å². The number of halogens is 3. The largest absolute Gasteiger partial charge is 0.408 e. The highest BCUT2D eigenvalue weighted by molar-refractivity contribution is 5.79. The monoisotopic (exact) mass is 305 g/mol. The number of hydrogen-bond donors (Lipinski definition) is 1. The lowest BCUT2D eigenvalue weighted by Gasteiger charge is -2.39. The molecule has 2 rings (SSSR count). The molecule has 0 spiro atoms. The molecule has 1 amide bonds. The zero-order valence-corrected chi connectivity index (χ0v) is 11.9. The molecule has 1 saturated heterocycles. The molecule has 2 heterocycles. The molecule has 1 fully saturated rings. The molecule has 2 atom stereocenters. The summed E-state index contributed by atoms with van der Waals surface area (Å²) in [7, 11) is 0. The molecule has 5 nitrogen and oxygen atoms in total. The molecule has 0 bridgehead atoms. The lowest BCUT2D eigenvalue weighted by atomic mass is 9.97. The predicted molar refractivity (Wildman–Crippen MR) is 68.4 cm³/mol. The molecule has 2 N–H and O–H groups in total. The van der Waals surface area contributed by atoms with E-state index in [1.807, 2.05) is 0 Å². The second-order valence-electron chi connectivity index (χ2n) is 5.42. The molecule has 1 aromatic rings. The Labute approximate surface area is 120 Å². The van der Waals surface area contributed by atoms with Gasteiger partial charge in [0.1, 0.15) is 11.8 Å². The van der Waals surface area contributed by atoms with Gasteiger partial charge < -0.3 is 15.2 Å². The van der Waals surface area contributed by atoms with Gasteiger partial charge in [0.25, 0.3) is 0 Å². The van der Waals surface area contributed by atoms with E-state index in [9.17, 15) is 18.0 Å². The normalized spacial score (nSPS) is 23.4. The van der Waals surface area contributed by atoms with Crippen molar-refractivity contribution in [3.05, 3.63) is 17.0 Å². The highest BCUT2D eigenvalue weighted by Gasteiger charge is 2.47. The van der Waals surface area contributed by atoms with Crippen LogP contribution < -0.4 is 5.73 Å². The van der Waals surface area contributed by atoms with E-state index in [-0.39, 0.29) is 25.8 Å². The molecule has 2 unspecified atom stereocenters. The van der Waals surface area contributed by atoms with Crippen LogP contribution in [0.4, 0.5) is 13.2 Å². The maximum Gasteiger partial charge on any atom is 0.408 e. The zero-order chi connectivity index (χ0) is 15.8. The van der Waals surface area contributed by atoms with Gasteiger partial charge in [0, 0.05) is 18.2 Å². The summed E-state index contributed by atoms with van der Waals surface area (Å²) >= 11 is 0. The molecule has 0 aliphatic carbocycles. The topological polar surface area (TPSA) is 72.4 Å². The molecule has 1 aliphatic rings. The van der Waals surface area contributed by atoms with E-state index in [4.69, 9.17) is 10.3 Å². The van der Waals surface area contributed by atoms with Crippen LogP contribution in [-0.4, -0.2) is 40.8 Å². The lowest BCUT2D eigenvalue weighted by molar-refractivity contribution is -0.196. The van der Waals surface area contributed by atoms with E-state index in [0.29, 0.717) is 17.0 Å². The fourth-order valence-electron chi connectivity index (χ4n) is 2.62. The number of hydrogen-bond acceptors (Lipinski definition) is 4.